The van der Waals surface area contributed by atoms with Gasteiger partial charge >= 0.3 is 0 Å². The highest BCUT2D eigenvalue weighted by molar-refractivity contribution is 5.59. The number of nitrogens with zero attached hydrogens (tertiary/aromatic N) is 5. The smallest absolute Gasteiger partial charge is 0.245 e. The third kappa shape index (κ3) is 1.16. The first-order valence-corrected chi connectivity index (χ1v) is 7.58. The third-order valence-corrected chi connectivity index (χ3v) is 5.64. The van der Waals surface area contributed by atoms with Crippen molar-refractivity contribution in [2.45, 2.75) is 30.6 Å². The molecule has 3 fully saturated rings. The van der Waals surface area contributed by atoms with Crippen molar-refractivity contribution in [3.63, 3.8) is 0 Å². The summed E-state index contributed by atoms with van der Waals surface area (Å²) >= 11 is 0. The van der Waals surface area contributed by atoms with Crippen LogP contribution in [-0.2, 0) is 0 Å². The molecular formula is C15H14N6. The van der Waals surface area contributed by atoms with E-state index in [0.29, 0.717) is 36.0 Å². The number of anilines is 1. The number of hydrogen-bond donors (Lipinski definition) is 1. The highest BCUT2D eigenvalue weighted by atomic mass is 15.5. The first-order chi connectivity index (χ1) is 10.4. The third-order valence-electron chi connectivity index (χ3n) is 5.64. The molecule has 1 N–H and O–H groups in total. The van der Waals surface area contributed by atoms with Gasteiger partial charge in [-0.05, 0) is 6.42 Å². The monoisotopic (exact) mass is 278 g/mol. The second-order valence-electron chi connectivity index (χ2n) is 6.51. The molecule has 21 heavy (non-hydrogen) atoms. The number of H-pyrrole nitrogens is 1. The lowest BCUT2D eigenvalue weighted by atomic mass is 9.90. The van der Waals surface area contributed by atoms with Crippen LogP contribution in [0.25, 0.3) is 11.4 Å². The summed E-state index contributed by atoms with van der Waals surface area (Å²) in [5, 5.41) is 16.1. The molecule has 0 unspecified atom stereocenters. The summed E-state index contributed by atoms with van der Waals surface area (Å²) in [7, 11) is 0. The van der Waals surface area contributed by atoms with Gasteiger partial charge in [-0.3, -0.25) is 5.10 Å². The quantitative estimate of drug-likeness (QED) is 0.853. The fraction of sp³-hybridized carbons (Fsp3) is 0.467. The summed E-state index contributed by atoms with van der Waals surface area (Å²) in [4.78, 5) is 7.07. The molecule has 2 aliphatic heterocycles. The van der Waals surface area contributed by atoms with E-state index in [0.717, 1.165) is 17.3 Å². The molecule has 2 aliphatic carbocycles. The van der Waals surface area contributed by atoms with Crippen LogP contribution in [0.5, 0.6) is 0 Å². The fourth-order valence-corrected chi connectivity index (χ4v) is 4.72. The average Bonchev–Trinajstić information content (AvgIpc) is 2.79. The van der Waals surface area contributed by atoms with Gasteiger partial charge in [-0.15, -0.1) is 5.10 Å². The average molecular weight is 278 g/mol. The molecule has 4 aliphatic rings. The van der Waals surface area contributed by atoms with Gasteiger partial charge in [-0.1, -0.05) is 30.3 Å². The molecule has 0 spiro atoms. The molecule has 6 rings (SSSR count). The first kappa shape index (κ1) is 10.5. The summed E-state index contributed by atoms with van der Waals surface area (Å²) < 4.78 is 0. The number of fused-ring (bicyclic) bond motifs is 8. The van der Waals surface area contributed by atoms with E-state index >= 15 is 0 Å². The van der Waals surface area contributed by atoms with Crippen LogP contribution >= 0.6 is 0 Å². The van der Waals surface area contributed by atoms with E-state index in [1.165, 1.54) is 6.42 Å². The zero-order chi connectivity index (χ0) is 13.6. The Bertz CT molecular complexity index is 729. The molecule has 6 heteroatoms. The maximum absolute atomic E-state index is 4.69. The maximum Gasteiger partial charge on any atom is 0.245 e. The number of hydrogen-bond acceptors (Lipinski definition) is 5. The summed E-state index contributed by atoms with van der Waals surface area (Å²) in [6, 6.07) is 12.3. The minimum Gasteiger partial charge on any atom is -0.329 e. The molecule has 1 aromatic heterocycles. The normalized spacial score (nSPS) is 40.9. The Morgan fingerprint density at radius 2 is 1.71 bits per heavy atom. The van der Waals surface area contributed by atoms with Gasteiger partial charge in [0.15, 0.2) is 5.82 Å². The summed E-state index contributed by atoms with van der Waals surface area (Å²) in [5.41, 5.74) is 1.08. The van der Waals surface area contributed by atoms with E-state index in [9.17, 15) is 0 Å². The molecule has 2 saturated carbocycles. The molecular weight excluding hydrogens is 264 g/mol. The largest absolute Gasteiger partial charge is 0.329 e. The van der Waals surface area contributed by atoms with Crippen LogP contribution < -0.4 is 4.90 Å². The molecule has 3 heterocycles. The van der Waals surface area contributed by atoms with E-state index in [1.54, 1.807) is 0 Å². The summed E-state index contributed by atoms with van der Waals surface area (Å²) in [5.74, 6) is 3.06. The Morgan fingerprint density at radius 3 is 2.38 bits per heavy atom. The predicted molar refractivity (Wildman–Crippen MR) is 75.9 cm³/mol. The molecule has 2 aromatic rings. The number of benzene rings is 1. The number of aromatic amines is 1. The van der Waals surface area contributed by atoms with Crippen molar-refractivity contribution in [3.05, 3.63) is 30.3 Å². The van der Waals surface area contributed by atoms with Crippen molar-refractivity contribution in [3.8, 4) is 11.4 Å². The van der Waals surface area contributed by atoms with Gasteiger partial charge in [-0.25, -0.2) is 0 Å². The van der Waals surface area contributed by atoms with E-state index < -0.39 is 0 Å². The van der Waals surface area contributed by atoms with Gasteiger partial charge in [-0.2, -0.15) is 15.2 Å². The zero-order valence-corrected chi connectivity index (χ0v) is 11.3. The lowest BCUT2D eigenvalue weighted by molar-refractivity contribution is 0.315. The maximum atomic E-state index is 4.69. The predicted octanol–water partition coefficient (Wildman–Crippen LogP) is 1.88. The van der Waals surface area contributed by atoms with Gasteiger partial charge in [0.25, 0.3) is 0 Å². The van der Waals surface area contributed by atoms with Gasteiger partial charge in [0.05, 0.1) is 12.1 Å². The van der Waals surface area contributed by atoms with Crippen molar-refractivity contribution in [1.82, 2.24) is 15.2 Å². The Hall–Kier alpha value is -2.24. The number of aromatic nitrogens is 3. The number of rotatable bonds is 2. The molecule has 2 bridgehead atoms. The van der Waals surface area contributed by atoms with Crippen LogP contribution in [-0.4, -0.2) is 39.3 Å². The Morgan fingerprint density at radius 1 is 1.00 bits per heavy atom. The zero-order valence-electron chi connectivity index (χ0n) is 11.3. The van der Waals surface area contributed by atoms with Crippen LogP contribution in [0.4, 0.5) is 5.95 Å². The van der Waals surface area contributed by atoms with Crippen molar-refractivity contribution < 1.29 is 0 Å². The molecule has 6 nitrogen and oxygen atoms in total. The number of nitrogens with one attached hydrogen (secondary N) is 1. The first-order valence-electron chi connectivity index (χ1n) is 7.58. The topological polar surface area (TPSA) is 69.3 Å². The Labute approximate surface area is 121 Å². The van der Waals surface area contributed by atoms with E-state index in [1.807, 2.05) is 18.2 Å². The molecule has 0 amide bonds. The Balaban J connectivity index is 1.32. The van der Waals surface area contributed by atoms with Crippen molar-refractivity contribution in [2.75, 3.05) is 4.90 Å². The number of azo groups is 1. The van der Waals surface area contributed by atoms with Crippen LogP contribution in [0.1, 0.15) is 6.42 Å². The van der Waals surface area contributed by atoms with Crippen LogP contribution in [0, 0.1) is 11.8 Å². The number of piperidine rings is 1. The van der Waals surface area contributed by atoms with Crippen LogP contribution in [0.15, 0.2) is 40.6 Å². The molecule has 1 saturated heterocycles. The molecule has 1 aromatic carbocycles. The van der Waals surface area contributed by atoms with Gasteiger partial charge in [0.2, 0.25) is 5.95 Å². The SMILES string of the molecule is c1ccc(-c2nc(N3[C@@H]4[C@H]5C[C@H]([C@@H]6N=N[C@H]56)[C@@H]43)n[nH]2)cc1. The van der Waals surface area contributed by atoms with Crippen molar-refractivity contribution >= 4 is 5.95 Å². The minimum absolute atomic E-state index is 0.494. The van der Waals surface area contributed by atoms with Crippen molar-refractivity contribution in [1.29, 1.82) is 0 Å². The summed E-state index contributed by atoms with van der Waals surface area (Å²) in [6.45, 7) is 0. The second kappa shape index (κ2) is 3.32. The second-order valence-corrected chi connectivity index (χ2v) is 6.51. The molecule has 104 valence electrons. The molecule has 0 radical (unpaired) electrons. The fourth-order valence-electron chi connectivity index (χ4n) is 4.72. The highest BCUT2D eigenvalue weighted by Gasteiger charge is 2.73. The van der Waals surface area contributed by atoms with E-state index in [4.69, 9.17) is 4.98 Å². The summed E-state index contributed by atoms with van der Waals surface area (Å²) in [6.07, 6.45) is 1.30. The van der Waals surface area contributed by atoms with E-state index in [2.05, 4.69) is 37.5 Å². The van der Waals surface area contributed by atoms with Gasteiger partial charge in [0.1, 0.15) is 12.1 Å². The van der Waals surface area contributed by atoms with Crippen LogP contribution in [0.2, 0.25) is 0 Å². The minimum atomic E-state index is 0.494. The Kier molecular flexibility index (Phi) is 1.66. The van der Waals surface area contributed by atoms with Gasteiger partial charge in [0, 0.05) is 17.4 Å². The highest BCUT2D eigenvalue weighted by Crippen LogP contribution is 2.62. The van der Waals surface area contributed by atoms with Crippen molar-refractivity contribution in [2.24, 2.45) is 22.1 Å². The lowest BCUT2D eigenvalue weighted by Crippen LogP contribution is -2.39. The van der Waals surface area contributed by atoms with Crippen LogP contribution in [0.3, 0.4) is 0 Å². The molecule has 6 atom stereocenters. The lowest BCUT2D eigenvalue weighted by Gasteiger charge is -2.27. The van der Waals surface area contributed by atoms with E-state index in [-0.39, 0.29) is 0 Å². The standard InChI is InChI=1S/C15H14N6/c1-2-4-7(5-3-1)14-16-15(20-19-14)21-12-8-6-9(13(12)21)11-10(8)17-18-11/h1-5,8-13H,6H2,(H,16,19,20)/t8-,9+,10+,11-,12+,13-,21?. The van der Waals surface area contributed by atoms with Gasteiger partial charge < -0.3 is 4.90 Å².